The summed E-state index contributed by atoms with van der Waals surface area (Å²) in [5, 5.41) is 9.18. The molecule has 10 rings (SSSR count). The Hall–Kier alpha value is -6.71. The van der Waals surface area contributed by atoms with Crippen molar-refractivity contribution in [3.8, 4) is 22.6 Å². The van der Waals surface area contributed by atoms with Crippen molar-refractivity contribution in [2.45, 2.75) is 0 Å². The molecule has 1 aromatic heterocycles. The molecule has 10 aromatic rings. The molecular weight excluding hydrogens is 609 g/mol. The molecule has 0 saturated heterocycles. The van der Waals surface area contributed by atoms with E-state index in [9.17, 15) is 0 Å². The highest BCUT2D eigenvalue weighted by molar-refractivity contribution is 6.29. The van der Waals surface area contributed by atoms with Crippen LogP contribution in [0, 0.1) is 0 Å². The lowest BCUT2D eigenvalue weighted by Crippen LogP contribution is -2.09. The number of hydrogen-bond acceptors (Lipinski definition) is 3. The van der Waals surface area contributed by atoms with Gasteiger partial charge in [0.1, 0.15) is 5.52 Å². The average molecular weight is 639 g/mol. The Morgan fingerprint density at radius 3 is 1.76 bits per heavy atom. The lowest BCUT2D eigenvalue weighted by Gasteiger charge is -2.26. The number of hydrogen-bond donors (Lipinski definition) is 0. The molecule has 0 spiro atoms. The molecule has 0 saturated carbocycles. The second-order valence-corrected chi connectivity index (χ2v) is 12.8. The predicted molar refractivity (Wildman–Crippen MR) is 210 cm³/mol. The summed E-state index contributed by atoms with van der Waals surface area (Å²) in [7, 11) is 0. The highest BCUT2D eigenvalue weighted by Crippen LogP contribution is 2.43. The molecule has 3 heteroatoms. The van der Waals surface area contributed by atoms with Crippen LogP contribution in [-0.2, 0) is 0 Å². The van der Waals surface area contributed by atoms with Gasteiger partial charge in [-0.2, -0.15) is 0 Å². The molecule has 0 aliphatic heterocycles. The van der Waals surface area contributed by atoms with Gasteiger partial charge in [-0.05, 0) is 98.0 Å². The Labute approximate surface area is 289 Å². The third-order valence-corrected chi connectivity index (χ3v) is 9.81. The van der Waals surface area contributed by atoms with Crippen molar-refractivity contribution >= 4 is 71.3 Å². The molecule has 0 radical (unpaired) electrons. The van der Waals surface area contributed by atoms with Crippen LogP contribution in [0.5, 0.6) is 0 Å². The lowest BCUT2D eigenvalue weighted by molar-refractivity contribution is 0.623. The van der Waals surface area contributed by atoms with Crippen LogP contribution in [0.15, 0.2) is 186 Å². The molecule has 0 unspecified atom stereocenters. The van der Waals surface area contributed by atoms with Crippen molar-refractivity contribution in [1.82, 2.24) is 4.98 Å². The van der Waals surface area contributed by atoms with Crippen molar-refractivity contribution in [3.05, 3.63) is 182 Å². The monoisotopic (exact) mass is 638 g/mol. The van der Waals surface area contributed by atoms with Gasteiger partial charge in [0.05, 0.1) is 0 Å². The van der Waals surface area contributed by atoms with Crippen LogP contribution in [0.2, 0.25) is 0 Å². The maximum atomic E-state index is 6.60. The number of rotatable bonds is 5. The van der Waals surface area contributed by atoms with Crippen LogP contribution in [0.3, 0.4) is 0 Å². The first-order valence-electron chi connectivity index (χ1n) is 17.0. The van der Waals surface area contributed by atoms with Crippen molar-refractivity contribution in [2.75, 3.05) is 4.90 Å². The summed E-state index contributed by atoms with van der Waals surface area (Å²) >= 11 is 0. The van der Waals surface area contributed by atoms with E-state index in [0.717, 1.165) is 66.0 Å². The first kappa shape index (κ1) is 28.3. The molecule has 0 N–H and O–H groups in total. The van der Waals surface area contributed by atoms with Crippen molar-refractivity contribution < 1.29 is 4.42 Å². The molecule has 0 aliphatic rings. The molecule has 0 aliphatic carbocycles. The third-order valence-electron chi connectivity index (χ3n) is 9.81. The Balaban J connectivity index is 1.20. The average Bonchev–Trinajstić information content (AvgIpc) is 3.65. The first-order chi connectivity index (χ1) is 24.8. The number of fused-ring (bicyclic) bond motifs is 9. The Morgan fingerprint density at radius 1 is 0.380 bits per heavy atom. The van der Waals surface area contributed by atoms with Crippen LogP contribution in [0.1, 0.15) is 0 Å². The second-order valence-electron chi connectivity index (χ2n) is 12.8. The quantitative estimate of drug-likeness (QED) is 0.176. The van der Waals surface area contributed by atoms with Gasteiger partial charge in [0.2, 0.25) is 5.89 Å². The van der Waals surface area contributed by atoms with Crippen LogP contribution < -0.4 is 4.90 Å². The highest BCUT2D eigenvalue weighted by Gasteiger charge is 2.20. The van der Waals surface area contributed by atoms with Crippen molar-refractivity contribution in [2.24, 2.45) is 0 Å². The Morgan fingerprint density at radius 2 is 0.980 bits per heavy atom. The van der Waals surface area contributed by atoms with E-state index in [1.165, 1.54) is 21.9 Å². The number of aromatic nitrogens is 1. The minimum Gasteiger partial charge on any atom is -0.435 e. The maximum Gasteiger partial charge on any atom is 0.227 e. The van der Waals surface area contributed by atoms with Gasteiger partial charge < -0.3 is 9.32 Å². The van der Waals surface area contributed by atoms with Gasteiger partial charge in [-0.15, -0.1) is 0 Å². The van der Waals surface area contributed by atoms with Crippen LogP contribution in [0.4, 0.5) is 17.1 Å². The van der Waals surface area contributed by atoms with E-state index in [1.807, 2.05) is 18.2 Å². The number of nitrogens with zero attached hydrogens (tertiary/aromatic N) is 2. The van der Waals surface area contributed by atoms with E-state index in [-0.39, 0.29) is 0 Å². The van der Waals surface area contributed by atoms with Gasteiger partial charge in [-0.25, -0.2) is 4.98 Å². The minimum atomic E-state index is 0.629. The van der Waals surface area contributed by atoms with Crippen molar-refractivity contribution in [3.63, 3.8) is 0 Å². The molecular formula is C47H30N2O. The summed E-state index contributed by atoms with van der Waals surface area (Å²) in [5.41, 5.74) is 8.36. The first-order valence-corrected chi connectivity index (χ1v) is 17.0. The van der Waals surface area contributed by atoms with Gasteiger partial charge in [0.15, 0.2) is 5.58 Å². The third kappa shape index (κ3) is 4.63. The van der Waals surface area contributed by atoms with E-state index in [2.05, 4.69) is 169 Å². The number of para-hydroxylation sites is 1. The summed E-state index contributed by atoms with van der Waals surface area (Å²) in [6, 6.07) is 64.5. The largest absolute Gasteiger partial charge is 0.435 e. The summed E-state index contributed by atoms with van der Waals surface area (Å²) < 4.78 is 6.60. The molecule has 234 valence electrons. The molecule has 9 aromatic carbocycles. The SMILES string of the molecule is c1ccc(-c2ccc3cc(N(c4ccccc4)c4ccc5ccc6c7ccccc7c7oc(-c8ccccc8)nc7c6c5c4)ccc3c2)cc1. The van der Waals surface area contributed by atoms with E-state index >= 15 is 0 Å². The maximum absolute atomic E-state index is 6.60. The summed E-state index contributed by atoms with van der Waals surface area (Å²) in [5.74, 6) is 0.629. The van der Waals surface area contributed by atoms with Crippen LogP contribution in [0.25, 0.3) is 76.8 Å². The van der Waals surface area contributed by atoms with Gasteiger partial charge in [0, 0.05) is 33.4 Å². The fraction of sp³-hybridized carbons (Fsp3) is 0. The molecule has 0 amide bonds. The van der Waals surface area contributed by atoms with Gasteiger partial charge >= 0.3 is 0 Å². The molecule has 50 heavy (non-hydrogen) atoms. The fourth-order valence-corrected chi connectivity index (χ4v) is 7.43. The second kappa shape index (κ2) is 11.5. The zero-order chi connectivity index (χ0) is 33.0. The van der Waals surface area contributed by atoms with Gasteiger partial charge in [-0.3, -0.25) is 0 Å². The van der Waals surface area contributed by atoms with E-state index in [0.29, 0.717) is 5.89 Å². The van der Waals surface area contributed by atoms with E-state index in [4.69, 9.17) is 9.40 Å². The molecule has 0 fully saturated rings. The normalized spacial score (nSPS) is 11.6. The van der Waals surface area contributed by atoms with Gasteiger partial charge in [0.25, 0.3) is 0 Å². The Bertz CT molecular complexity index is 2860. The minimum absolute atomic E-state index is 0.629. The lowest BCUT2D eigenvalue weighted by atomic mass is 9.95. The number of benzene rings is 9. The summed E-state index contributed by atoms with van der Waals surface area (Å²) in [4.78, 5) is 7.53. The smallest absolute Gasteiger partial charge is 0.227 e. The zero-order valence-corrected chi connectivity index (χ0v) is 27.1. The molecule has 3 nitrogen and oxygen atoms in total. The summed E-state index contributed by atoms with van der Waals surface area (Å²) in [6.07, 6.45) is 0. The number of anilines is 3. The van der Waals surface area contributed by atoms with Gasteiger partial charge in [-0.1, -0.05) is 127 Å². The predicted octanol–water partition coefficient (Wildman–Crippen LogP) is 13.2. The van der Waals surface area contributed by atoms with E-state index in [1.54, 1.807) is 0 Å². The van der Waals surface area contributed by atoms with Crippen molar-refractivity contribution in [1.29, 1.82) is 0 Å². The fourth-order valence-electron chi connectivity index (χ4n) is 7.43. The molecule has 0 bridgehead atoms. The molecule has 1 heterocycles. The van der Waals surface area contributed by atoms with Crippen LogP contribution >= 0.6 is 0 Å². The standard InChI is InChI=1S/C47H30N2O/c1-4-12-31(13-5-1)34-20-21-36-29-38(26-23-35(36)28-34)49(37-16-8-3-9-17-37)39-25-22-32-24-27-41-40-18-10-11-19-42(40)46-45(44(41)43(32)30-39)48-47(50-46)33-14-6-2-7-15-33/h1-30H. The zero-order valence-electron chi connectivity index (χ0n) is 27.1. The van der Waals surface area contributed by atoms with Crippen LogP contribution in [-0.4, -0.2) is 4.98 Å². The Kier molecular flexibility index (Phi) is 6.49. The molecule has 0 atom stereocenters. The topological polar surface area (TPSA) is 29.3 Å². The summed E-state index contributed by atoms with van der Waals surface area (Å²) in [6.45, 7) is 0. The van der Waals surface area contributed by atoms with E-state index < -0.39 is 0 Å². The highest BCUT2D eigenvalue weighted by atomic mass is 16.3. The number of oxazole rings is 1.